The van der Waals surface area contributed by atoms with E-state index in [0.717, 1.165) is 10.8 Å². The van der Waals surface area contributed by atoms with Crippen LogP contribution in [0.5, 0.6) is 5.75 Å². The van der Waals surface area contributed by atoms with Crippen LogP contribution in [0, 0.1) is 0 Å². The molecule has 0 saturated carbocycles. The third kappa shape index (κ3) is 4.15. The number of halogens is 2. The van der Waals surface area contributed by atoms with Gasteiger partial charge in [0.15, 0.2) is 6.10 Å². The van der Waals surface area contributed by atoms with Crippen LogP contribution in [0.2, 0.25) is 10.0 Å². The Morgan fingerprint density at radius 2 is 1.69 bits per heavy atom. The maximum Gasteiger partial charge on any atom is 0.280 e. The molecule has 0 saturated heterocycles. The van der Waals surface area contributed by atoms with Gasteiger partial charge in [-0.3, -0.25) is 4.79 Å². The van der Waals surface area contributed by atoms with Crippen LogP contribution in [-0.2, 0) is 4.79 Å². The Balaban J connectivity index is 1.67. The third-order valence-corrected chi connectivity index (χ3v) is 4.45. The van der Waals surface area contributed by atoms with Crippen molar-refractivity contribution < 1.29 is 9.53 Å². The van der Waals surface area contributed by atoms with Gasteiger partial charge in [0.25, 0.3) is 5.91 Å². The van der Waals surface area contributed by atoms with Gasteiger partial charge >= 0.3 is 0 Å². The monoisotopic (exact) mass is 386 g/mol. The molecule has 6 heteroatoms. The minimum Gasteiger partial charge on any atom is -0.480 e. The molecule has 1 amide bonds. The fraction of sp³-hybridized carbons (Fsp3) is 0.100. The Bertz CT molecular complexity index is 947. The number of hydrogen-bond acceptors (Lipinski definition) is 3. The molecule has 0 spiro atoms. The lowest BCUT2D eigenvalue weighted by Crippen LogP contribution is -2.33. The van der Waals surface area contributed by atoms with Crippen LogP contribution in [0.25, 0.3) is 10.8 Å². The summed E-state index contributed by atoms with van der Waals surface area (Å²) < 4.78 is 5.80. The second-order valence-electron chi connectivity index (χ2n) is 5.61. The fourth-order valence-corrected chi connectivity index (χ4v) is 2.92. The Hall–Kier alpha value is -2.56. The van der Waals surface area contributed by atoms with Gasteiger partial charge in [-0.05, 0) is 30.5 Å². The smallest absolute Gasteiger partial charge is 0.280 e. The van der Waals surface area contributed by atoms with Crippen LogP contribution in [0.3, 0.4) is 0 Å². The molecule has 3 rings (SSSR count). The highest BCUT2D eigenvalue weighted by atomic mass is 35.5. The van der Waals surface area contributed by atoms with E-state index < -0.39 is 6.10 Å². The van der Waals surface area contributed by atoms with Gasteiger partial charge in [0.2, 0.25) is 0 Å². The highest BCUT2D eigenvalue weighted by molar-refractivity contribution is 6.38. The quantitative estimate of drug-likeness (QED) is 0.491. The molecule has 26 heavy (non-hydrogen) atoms. The predicted octanol–water partition coefficient (Wildman–Crippen LogP) is 5.06. The number of ether oxygens (including phenoxy) is 1. The molecule has 3 aromatic carbocycles. The largest absolute Gasteiger partial charge is 0.480 e. The van der Waals surface area contributed by atoms with Crippen molar-refractivity contribution in [2.45, 2.75) is 13.0 Å². The molecule has 0 aromatic heterocycles. The van der Waals surface area contributed by atoms with E-state index in [1.807, 2.05) is 42.5 Å². The summed E-state index contributed by atoms with van der Waals surface area (Å²) in [5.74, 6) is 0.265. The number of hydrogen-bond donors (Lipinski definition) is 1. The Morgan fingerprint density at radius 1 is 1.04 bits per heavy atom. The van der Waals surface area contributed by atoms with Crippen molar-refractivity contribution in [1.29, 1.82) is 0 Å². The second kappa shape index (κ2) is 8.21. The van der Waals surface area contributed by atoms with E-state index in [1.165, 1.54) is 6.21 Å². The summed E-state index contributed by atoms with van der Waals surface area (Å²) in [4.78, 5) is 12.2. The zero-order valence-corrected chi connectivity index (χ0v) is 15.5. The number of carbonyl (C=O) groups is 1. The number of nitrogens with zero attached hydrogens (tertiary/aromatic N) is 1. The molecule has 0 bridgehead atoms. The van der Waals surface area contributed by atoms with Gasteiger partial charge in [-0.15, -0.1) is 0 Å². The third-order valence-electron chi connectivity index (χ3n) is 3.79. The molecule has 1 N–H and O–H groups in total. The van der Waals surface area contributed by atoms with Gasteiger partial charge in [0.1, 0.15) is 5.75 Å². The molecule has 1 unspecified atom stereocenters. The number of hydrazone groups is 1. The first kappa shape index (κ1) is 18.2. The number of fused-ring (bicyclic) bond motifs is 1. The van der Waals surface area contributed by atoms with Crippen molar-refractivity contribution in [3.05, 3.63) is 76.3 Å². The van der Waals surface area contributed by atoms with E-state index in [2.05, 4.69) is 10.5 Å². The average Bonchev–Trinajstić information content (AvgIpc) is 2.64. The zero-order chi connectivity index (χ0) is 18.5. The van der Waals surface area contributed by atoms with Crippen molar-refractivity contribution in [2.75, 3.05) is 0 Å². The first-order valence-corrected chi connectivity index (χ1v) is 8.73. The van der Waals surface area contributed by atoms with Gasteiger partial charge in [-0.1, -0.05) is 65.7 Å². The lowest BCUT2D eigenvalue weighted by molar-refractivity contribution is -0.127. The van der Waals surface area contributed by atoms with Crippen LogP contribution in [0.15, 0.2) is 65.8 Å². The summed E-state index contributed by atoms with van der Waals surface area (Å²) in [6.07, 6.45) is 0.687. The molecule has 0 heterocycles. The molecule has 0 aliphatic rings. The molecular formula is C20H16Cl2N2O2. The summed E-state index contributed by atoms with van der Waals surface area (Å²) >= 11 is 12.1. The molecule has 0 aliphatic carbocycles. The summed E-state index contributed by atoms with van der Waals surface area (Å²) in [6.45, 7) is 1.66. The molecule has 0 radical (unpaired) electrons. The first-order chi connectivity index (χ1) is 12.6. The highest BCUT2D eigenvalue weighted by Crippen LogP contribution is 2.26. The van der Waals surface area contributed by atoms with E-state index in [0.29, 0.717) is 21.4 Å². The van der Waals surface area contributed by atoms with E-state index in [9.17, 15) is 4.79 Å². The average molecular weight is 387 g/mol. The summed E-state index contributed by atoms with van der Waals surface area (Å²) in [5, 5.41) is 6.81. The van der Waals surface area contributed by atoms with Gasteiger partial charge in [-0.25, -0.2) is 5.43 Å². The minimum atomic E-state index is -0.723. The first-order valence-electron chi connectivity index (χ1n) is 7.97. The Morgan fingerprint density at radius 3 is 2.46 bits per heavy atom. The summed E-state index contributed by atoms with van der Waals surface area (Å²) in [5.41, 5.74) is 2.98. The topological polar surface area (TPSA) is 50.7 Å². The van der Waals surface area contributed by atoms with Crippen LogP contribution in [0.1, 0.15) is 12.5 Å². The standard InChI is InChI=1S/C20H16Cl2N2O2/c1-13(26-19-11-4-7-14-6-2-3-8-15(14)19)20(25)24-23-12-16-17(21)9-5-10-18(16)22/h2-13H,1H3,(H,24,25)/b23-12+. The fourth-order valence-electron chi connectivity index (χ4n) is 2.43. The number of amides is 1. The van der Waals surface area contributed by atoms with Crippen LogP contribution >= 0.6 is 23.2 Å². The molecule has 1 atom stereocenters. The molecular weight excluding hydrogens is 371 g/mol. The van der Waals surface area contributed by atoms with Crippen LogP contribution in [0.4, 0.5) is 0 Å². The predicted molar refractivity (Wildman–Crippen MR) is 106 cm³/mol. The molecule has 0 aliphatic heterocycles. The van der Waals surface area contributed by atoms with Gasteiger partial charge in [0.05, 0.1) is 16.3 Å². The normalized spacial score (nSPS) is 12.3. The van der Waals surface area contributed by atoms with E-state index in [4.69, 9.17) is 27.9 Å². The van der Waals surface area contributed by atoms with Crippen molar-refractivity contribution in [2.24, 2.45) is 5.10 Å². The Kier molecular flexibility index (Phi) is 5.76. The van der Waals surface area contributed by atoms with E-state index in [-0.39, 0.29) is 5.91 Å². The zero-order valence-electron chi connectivity index (χ0n) is 13.9. The number of rotatable bonds is 5. The SMILES string of the molecule is CC(Oc1cccc2ccccc12)C(=O)N/N=C/c1c(Cl)cccc1Cl. The van der Waals surface area contributed by atoms with E-state index in [1.54, 1.807) is 25.1 Å². The van der Waals surface area contributed by atoms with Crippen molar-refractivity contribution >= 4 is 46.1 Å². The number of carbonyl (C=O) groups excluding carboxylic acids is 1. The van der Waals surface area contributed by atoms with E-state index >= 15 is 0 Å². The number of benzene rings is 3. The lowest BCUT2D eigenvalue weighted by atomic mass is 10.1. The minimum absolute atomic E-state index is 0.377. The summed E-state index contributed by atoms with van der Waals surface area (Å²) in [7, 11) is 0. The second-order valence-corrected chi connectivity index (χ2v) is 6.42. The summed E-state index contributed by atoms with van der Waals surface area (Å²) in [6, 6.07) is 18.7. The molecule has 0 fully saturated rings. The maximum atomic E-state index is 12.2. The van der Waals surface area contributed by atoms with Crippen LogP contribution in [-0.4, -0.2) is 18.2 Å². The van der Waals surface area contributed by atoms with Gasteiger partial charge < -0.3 is 4.74 Å². The van der Waals surface area contributed by atoms with Gasteiger partial charge in [-0.2, -0.15) is 5.10 Å². The van der Waals surface area contributed by atoms with Gasteiger partial charge in [0, 0.05) is 10.9 Å². The van der Waals surface area contributed by atoms with Crippen molar-refractivity contribution in [3.63, 3.8) is 0 Å². The van der Waals surface area contributed by atoms with Crippen molar-refractivity contribution in [1.82, 2.24) is 5.43 Å². The molecule has 3 aromatic rings. The molecule has 4 nitrogen and oxygen atoms in total. The lowest BCUT2D eigenvalue weighted by Gasteiger charge is -2.14. The number of nitrogens with one attached hydrogen (secondary N) is 1. The van der Waals surface area contributed by atoms with Crippen molar-refractivity contribution in [3.8, 4) is 5.75 Å². The maximum absolute atomic E-state index is 12.2. The molecule has 132 valence electrons. The Labute approximate surface area is 161 Å². The van der Waals surface area contributed by atoms with Crippen LogP contribution < -0.4 is 10.2 Å². The highest BCUT2D eigenvalue weighted by Gasteiger charge is 2.15.